The van der Waals surface area contributed by atoms with Crippen molar-refractivity contribution in [2.75, 3.05) is 18.9 Å². The maximum atomic E-state index is 11.4. The molecule has 1 aromatic carbocycles. The van der Waals surface area contributed by atoms with Crippen LogP contribution in [0.1, 0.15) is 18.4 Å². The van der Waals surface area contributed by atoms with Crippen molar-refractivity contribution in [3.05, 3.63) is 28.8 Å². The van der Waals surface area contributed by atoms with E-state index in [1.54, 1.807) is 30.1 Å². The number of likely N-dealkylation sites (N-methyl/N-ethyl adjacent to an activating group) is 1. The fraction of sp³-hybridized carbons (Fsp3) is 0.385. The molecule has 0 unspecified atom stereocenters. The third kappa shape index (κ3) is 2.74. The third-order valence-corrected chi connectivity index (χ3v) is 3.32. The monoisotopic (exact) mass is 263 g/mol. The van der Waals surface area contributed by atoms with Crippen molar-refractivity contribution >= 4 is 23.2 Å². The normalized spacial score (nSPS) is 19.5. The Morgan fingerprint density at radius 2 is 2.33 bits per heavy atom. The molecule has 2 rings (SSSR count). The maximum Gasteiger partial charge on any atom is 0.222 e. The van der Waals surface area contributed by atoms with Gasteiger partial charge in [-0.25, -0.2) is 0 Å². The molecular formula is C13H14ClN3O. The van der Waals surface area contributed by atoms with E-state index in [0.29, 0.717) is 23.6 Å². The number of nitriles is 1. The Labute approximate surface area is 111 Å². The van der Waals surface area contributed by atoms with Gasteiger partial charge in [-0.05, 0) is 24.6 Å². The summed E-state index contributed by atoms with van der Waals surface area (Å²) < 4.78 is 0. The van der Waals surface area contributed by atoms with E-state index in [1.165, 1.54) is 0 Å². The molecule has 1 N–H and O–H groups in total. The van der Waals surface area contributed by atoms with Crippen molar-refractivity contribution in [2.45, 2.75) is 18.9 Å². The Kier molecular flexibility index (Phi) is 3.73. The number of anilines is 1. The van der Waals surface area contributed by atoms with Crippen LogP contribution in [-0.4, -0.2) is 30.4 Å². The zero-order valence-corrected chi connectivity index (χ0v) is 10.9. The second-order valence-corrected chi connectivity index (χ2v) is 4.89. The van der Waals surface area contributed by atoms with Crippen molar-refractivity contribution in [3.8, 4) is 6.07 Å². The van der Waals surface area contributed by atoms with E-state index in [4.69, 9.17) is 16.9 Å². The zero-order chi connectivity index (χ0) is 13.1. The quantitative estimate of drug-likeness (QED) is 0.890. The SMILES string of the molecule is CN1C[C@H](Nc2ccc(Cl)cc2C#N)CCC1=O. The molecule has 1 aromatic rings. The number of hydrogen-bond acceptors (Lipinski definition) is 3. The molecular weight excluding hydrogens is 250 g/mol. The topological polar surface area (TPSA) is 56.1 Å². The molecule has 0 aromatic heterocycles. The van der Waals surface area contributed by atoms with E-state index in [9.17, 15) is 4.79 Å². The van der Waals surface area contributed by atoms with Crippen LogP contribution >= 0.6 is 11.6 Å². The Morgan fingerprint density at radius 3 is 3.00 bits per heavy atom. The summed E-state index contributed by atoms with van der Waals surface area (Å²) >= 11 is 5.85. The number of benzene rings is 1. The lowest BCUT2D eigenvalue weighted by Gasteiger charge is -2.31. The van der Waals surface area contributed by atoms with Crippen molar-refractivity contribution in [1.29, 1.82) is 5.26 Å². The van der Waals surface area contributed by atoms with Crippen LogP contribution in [-0.2, 0) is 4.79 Å². The van der Waals surface area contributed by atoms with Gasteiger partial charge in [-0.2, -0.15) is 5.26 Å². The molecule has 1 amide bonds. The number of rotatable bonds is 2. The molecule has 0 aliphatic carbocycles. The van der Waals surface area contributed by atoms with Gasteiger partial charge >= 0.3 is 0 Å². The summed E-state index contributed by atoms with van der Waals surface area (Å²) in [7, 11) is 1.79. The minimum Gasteiger partial charge on any atom is -0.379 e. The van der Waals surface area contributed by atoms with Crippen molar-refractivity contribution in [1.82, 2.24) is 4.90 Å². The first-order chi connectivity index (χ1) is 8.60. The second kappa shape index (κ2) is 5.28. The van der Waals surface area contributed by atoms with Gasteiger partial charge < -0.3 is 10.2 Å². The second-order valence-electron chi connectivity index (χ2n) is 4.46. The number of amides is 1. The first-order valence-corrected chi connectivity index (χ1v) is 6.18. The van der Waals surface area contributed by atoms with Gasteiger partial charge in [-0.15, -0.1) is 0 Å². The summed E-state index contributed by atoms with van der Waals surface area (Å²) in [5, 5.41) is 12.9. The molecule has 1 aliphatic heterocycles. The Bertz CT molecular complexity index is 509. The highest BCUT2D eigenvalue weighted by Gasteiger charge is 2.23. The number of hydrogen-bond donors (Lipinski definition) is 1. The van der Waals surface area contributed by atoms with Crippen molar-refractivity contribution in [2.24, 2.45) is 0 Å². The van der Waals surface area contributed by atoms with E-state index < -0.39 is 0 Å². The fourth-order valence-corrected chi connectivity index (χ4v) is 2.26. The average molecular weight is 264 g/mol. The van der Waals surface area contributed by atoms with Crippen molar-refractivity contribution < 1.29 is 4.79 Å². The van der Waals surface area contributed by atoms with E-state index in [0.717, 1.165) is 12.1 Å². The van der Waals surface area contributed by atoms with Gasteiger partial charge in [0.1, 0.15) is 6.07 Å². The molecule has 1 aliphatic rings. The van der Waals surface area contributed by atoms with Crippen LogP contribution in [0.15, 0.2) is 18.2 Å². The highest BCUT2D eigenvalue weighted by atomic mass is 35.5. The number of nitrogens with zero attached hydrogens (tertiary/aromatic N) is 2. The van der Waals surface area contributed by atoms with Gasteiger partial charge in [0.2, 0.25) is 5.91 Å². The largest absolute Gasteiger partial charge is 0.379 e. The summed E-state index contributed by atoms with van der Waals surface area (Å²) in [6.07, 6.45) is 1.33. The average Bonchev–Trinajstić information content (AvgIpc) is 2.36. The van der Waals surface area contributed by atoms with Gasteiger partial charge in [0.15, 0.2) is 0 Å². The van der Waals surface area contributed by atoms with Crippen LogP contribution in [0.3, 0.4) is 0 Å². The van der Waals surface area contributed by atoms with Crippen LogP contribution in [0.5, 0.6) is 0 Å². The van der Waals surface area contributed by atoms with Crippen molar-refractivity contribution in [3.63, 3.8) is 0 Å². The van der Waals surface area contributed by atoms with Crippen LogP contribution in [0.25, 0.3) is 0 Å². The van der Waals surface area contributed by atoms with E-state index in [-0.39, 0.29) is 11.9 Å². The molecule has 1 fully saturated rings. The number of carbonyl (C=O) groups is 1. The Morgan fingerprint density at radius 1 is 1.56 bits per heavy atom. The smallest absolute Gasteiger partial charge is 0.222 e. The molecule has 5 heteroatoms. The highest BCUT2D eigenvalue weighted by Crippen LogP contribution is 2.22. The molecule has 1 heterocycles. The minimum atomic E-state index is 0.171. The van der Waals surface area contributed by atoms with E-state index in [2.05, 4.69) is 11.4 Å². The van der Waals surface area contributed by atoms with Gasteiger partial charge in [-0.1, -0.05) is 11.6 Å². The maximum absolute atomic E-state index is 11.4. The first kappa shape index (κ1) is 12.7. The Hall–Kier alpha value is -1.73. The lowest BCUT2D eigenvalue weighted by atomic mass is 10.0. The molecule has 0 saturated carbocycles. The third-order valence-electron chi connectivity index (χ3n) is 3.09. The lowest BCUT2D eigenvalue weighted by molar-refractivity contribution is -0.132. The van der Waals surface area contributed by atoms with Crippen LogP contribution in [0.2, 0.25) is 5.02 Å². The molecule has 0 bridgehead atoms. The molecule has 4 nitrogen and oxygen atoms in total. The predicted octanol–water partition coefficient (Wildman–Crippen LogP) is 2.24. The summed E-state index contributed by atoms with van der Waals surface area (Å²) in [4.78, 5) is 13.1. The van der Waals surface area contributed by atoms with E-state index in [1.807, 2.05) is 0 Å². The summed E-state index contributed by atoms with van der Waals surface area (Å²) in [6, 6.07) is 7.50. The zero-order valence-electron chi connectivity index (χ0n) is 10.1. The van der Waals surface area contributed by atoms with Crippen LogP contribution < -0.4 is 5.32 Å². The number of carbonyl (C=O) groups excluding carboxylic acids is 1. The highest BCUT2D eigenvalue weighted by molar-refractivity contribution is 6.30. The molecule has 0 spiro atoms. The molecule has 0 radical (unpaired) electrons. The fourth-order valence-electron chi connectivity index (χ4n) is 2.08. The standard InChI is InChI=1S/C13H14ClN3O/c1-17-8-11(3-5-13(17)18)16-12-4-2-10(14)6-9(12)7-15/h2,4,6,11,16H,3,5,8H2,1H3/t11-/m1/s1. The van der Waals surface area contributed by atoms with Crippen LogP contribution in [0.4, 0.5) is 5.69 Å². The summed E-state index contributed by atoms with van der Waals surface area (Å²) in [5.41, 5.74) is 1.30. The van der Waals surface area contributed by atoms with Gasteiger partial charge in [-0.3, -0.25) is 4.79 Å². The predicted molar refractivity (Wildman–Crippen MR) is 70.4 cm³/mol. The number of piperidine rings is 1. The van der Waals surface area contributed by atoms with Gasteiger partial charge in [0.25, 0.3) is 0 Å². The number of nitrogens with one attached hydrogen (secondary N) is 1. The number of likely N-dealkylation sites (tertiary alicyclic amines) is 1. The van der Waals surface area contributed by atoms with Crippen LogP contribution in [0, 0.1) is 11.3 Å². The molecule has 1 saturated heterocycles. The minimum absolute atomic E-state index is 0.171. The summed E-state index contributed by atoms with van der Waals surface area (Å²) in [6.45, 7) is 0.659. The van der Waals surface area contributed by atoms with Gasteiger partial charge in [0, 0.05) is 31.1 Å². The lowest BCUT2D eigenvalue weighted by Crippen LogP contribution is -2.43. The number of halogens is 1. The summed E-state index contributed by atoms with van der Waals surface area (Å²) in [5.74, 6) is 0.171. The Balaban J connectivity index is 2.10. The molecule has 18 heavy (non-hydrogen) atoms. The van der Waals surface area contributed by atoms with E-state index >= 15 is 0 Å². The molecule has 94 valence electrons. The van der Waals surface area contributed by atoms with Gasteiger partial charge in [0.05, 0.1) is 11.3 Å². The molecule has 1 atom stereocenters. The first-order valence-electron chi connectivity index (χ1n) is 5.80.